The molecule has 0 aliphatic rings. The maximum Gasteiger partial charge on any atom is 0.307 e. The smallest absolute Gasteiger partial charge is 0.307 e. The van der Waals surface area contributed by atoms with Crippen molar-refractivity contribution in [1.82, 2.24) is 13.6 Å². The topological polar surface area (TPSA) is 115 Å². The molecule has 30 heavy (non-hydrogen) atoms. The Morgan fingerprint density at radius 3 is 2.30 bits per heavy atom. The average molecular weight is 472 g/mol. The molecule has 0 spiro atoms. The molecular weight excluding hydrogens is 450 g/mol. The summed E-state index contributed by atoms with van der Waals surface area (Å²) in [7, 11) is -2.76. The fourth-order valence-electron chi connectivity index (χ4n) is 2.63. The monoisotopic (exact) mass is 471 g/mol. The molecule has 9 nitrogen and oxygen atoms in total. The molecule has 3 rings (SSSR count). The number of nitrogens with one attached hydrogen (secondary N) is 1. The number of ether oxygens (including phenoxy) is 1. The fraction of sp³-hybridized carbons (Fsp3) is 0.278. The first-order valence-corrected chi connectivity index (χ1v) is 12.5. The van der Waals surface area contributed by atoms with Crippen LogP contribution in [0.5, 0.6) is 5.75 Å². The van der Waals surface area contributed by atoms with E-state index in [0.29, 0.717) is 16.0 Å². The third-order valence-corrected chi connectivity index (χ3v) is 8.62. The van der Waals surface area contributed by atoms with Crippen molar-refractivity contribution in [2.75, 3.05) is 27.2 Å². The van der Waals surface area contributed by atoms with Gasteiger partial charge in [0.2, 0.25) is 20.0 Å². The lowest BCUT2D eigenvalue weighted by Gasteiger charge is -2.12. The molecule has 1 heterocycles. The van der Waals surface area contributed by atoms with Gasteiger partial charge in [-0.25, -0.2) is 25.9 Å². The van der Waals surface area contributed by atoms with Gasteiger partial charge in [-0.3, -0.25) is 4.79 Å². The molecule has 2 aromatic carbocycles. The van der Waals surface area contributed by atoms with Gasteiger partial charge in [0.25, 0.3) is 0 Å². The van der Waals surface area contributed by atoms with Gasteiger partial charge < -0.3 is 9.30 Å². The highest BCUT2D eigenvalue weighted by molar-refractivity contribution is 7.89. The molecule has 3 aromatic rings. The second kappa shape index (κ2) is 8.47. The van der Waals surface area contributed by atoms with Gasteiger partial charge in [-0.05, 0) is 42.5 Å². The SMILES string of the molecule is CN(C)S(=O)(=O)c1ccc(OCCNS(=O)(=O)c2ccc3c(c2)sc(=O)n3C)cc1. The van der Waals surface area contributed by atoms with Crippen LogP contribution in [0.2, 0.25) is 0 Å². The quantitative estimate of drug-likeness (QED) is 0.494. The van der Waals surface area contributed by atoms with E-state index in [4.69, 9.17) is 4.74 Å². The summed E-state index contributed by atoms with van der Waals surface area (Å²) in [5.41, 5.74) is 0.673. The molecule has 0 fully saturated rings. The van der Waals surface area contributed by atoms with Crippen LogP contribution in [0.1, 0.15) is 0 Å². The third kappa shape index (κ3) is 4.57. The van der Waals surface area contributed by atoms with E-state index in [1.165, 1.54) is 55.1 Å². The zero-order chi connectivity index (χ0) is 22.1. The first-order chi connectivity index (χ1) is 14.0. The minimum Gasteiger partial charge on any atom is -0.492 e. The van der Waals surface area contributed by atoms with Crippen LogP contribution in [0.4, 0.5) is 0 Å². The number of thiazole rings is 1. The Morgan fingerprint density at radius 1 is 1.03 bits per heavy atom. The van der Waals surface area contributed by atoms with Crippen molar-refractivity contribution in [3.63, 3.8) is 0 Å². The van der Waals surface area contributed by atoms with Crippen LogP contribution < -0.4 is 14.3 Å². The molecule has 12 heteroatoms. The molecule has 1 aromatic heterocycles. The predicted molar refractivity (Wildman–Crippen MR) is 115 cm³/mol. The number of benzene rings is 2. The van der Waals surface area contributed by atoms with Crippen molar-refractivity contribution in [3.8, 4) is 5.75 Å². The zero-order valence-electron chi connectivity index (χ0n) is 16.5. The minimum absolute atomic E-state index is 0.0170. The highest BCUT2D eigenvalue weighted by atomic mass is 32.2. The maximum absolute atomic E-state index is 12.5. The van der Waals surface area contributed by atoms with E-state index >= 15 is 0 Å². The van der Waals surface area contributed by atoms with Crippen molar-refractivity contribution >= 4 is 41.6 Å². The number of aryl methyl sites for hydroxylation is 1. The lowest BCUT2D eigenvalue weighted by Crippen LogP contribution is -2.28. The molecule has 0 saturated heterocycles. The van der Waals surface area contributed by atoms with Crippen LogP contribution >= 0.6 is 11.3 Å². The van der Waals surface area contributed by atoms with E-state index < -0.39 is 20.0 Å². The Morgan fingerprint density at radius 2 is 1.67 bits per heavy atom. The molecule has 1 N–H and O–H groups in total. The van der Waals surface area contributed by atoms with Gasteiger partial charge in [0, 0.05) is 27.7 Å². The first-order valence-electron chi connectivity index (χ1n) is 8.77. The number of hydrogen-bond acceptors (Lipinski definition) is 7. The molecule has 0 bridgehead atoms. The Kier molecular flexibility index (Phi) is 6.34. The zero-order valence-corrected chi connectivity index (χ0v) is 19.0. The summed E-state index contributed by atoms with van der Waals surface area (Å²) in [6.45, 7) is 0.0725. The third-order valence-electron chi connectivity index (χ3n) is 4.34. The Labute approximate surface area is 178 Å². The highest BCUT2D eigenvalue weighted by Crippen LogP contribution is 2.21. The summed E-state index contributed by atoms with van der Waals surface area (Å²) in [6, 6.07) is 10.4. The van der Waals surface area contributed by atoms with Crippen LogP contribution in [0.25, 0.3) is 10.2 Å². The minimum atomic E-state index is -3.76. The van der Waals surface area contributed by atoms with Gasteiger partial charge in [-0.2, -0.15) is 0 Å². The number of fused-ring (bicyclic) bond motifs is 1. The number of sulfonamides is 2. The van der Waals surface area contributed by atoms with Crippen molar-refractivity contribution in [2.24, 2.45) is 7.05 Å². The number of rotatable bonds is 8. The number of aromatic nitrogens is 1. The van der Waals surface area contributed by atoms with E-state index in [1.807, 2.05) is 0 Å². The van der Waals surface area contributed by atoms with Crippen LogP contribution in [0.3, 0.4) is 0 Å². The molecular formula is C18H21N3O6S3. The second-order valence-corrected chi connectivity index (χ2v) is 11.5. The summed E-state index contributed by atoms with van der Waals surface area (Å²) < 4.78 is 60.1. The van der Waals surface area contributed by atoms with Gasteiger partial charge in [0.1, 0.15) is 12.4 Å². The Bertz CT molecular complexity index is 1320. The standard InChI is InChI=1S/C18H21N3O6S3/c1-20(2)30(25,26)14-6-4-13(5-7-14)27-11-10-19-29(23,24)15-8-9-16-17(12-15)28-18(22)21(16)3/h4-9,12,19H,10-11H2,1-3H3. The predicted octanol–water partition coefficient (Wildman–Crippen LogP) is 1.21. The van der Waals surface area contributed by atoms with Gasteiger partial charge >= 0.3 is 4.87 Å². The van der Waals surface area contributed by atoms with E-state index in [1.54, 1.807) is 13.1 Å². The van der Waals surface area contributed by atoms with Crippen LogP contribution in [-0.2, 0) is 27.1 Å². The highest BCUT2D eigenvalue weighted by Gasteiger charge is 2.17. The molecule has 0 radical (unpaired) electrons. The van der Waals surface area contributed by atoms with Crippen LogP contribution in [-0.4, -0.2) is 53.0 Å². The lowest BCUT2D eigenvalue weighted by atomic mass is 10.3. The molecule has 0 amide bonds. The number of hydrogen-bond donors (Lipinski definition) is 1. The Balaban J connectivity index is 1.60. The first kappa shape index (κ1) is 22.4. The van der Waals surface area contributed by atoms with Crippen LogP contribution in [0, 0.1) is 0 Å². The van der Waals surface area contributed by atoms with Crippen molar-refractivity contribution < 1.29 is 21.6 Å². The summed E-state index contributed by atoms with van der Waals surface area (Å²) in [4.78, 5) is 11.8. The van der Waals surface area contributed by atoms with E-state index in [0.717, 1.165) is 15.6 Å². The molecule has 0 aliphatic heterocycles. The van der Waals surface area contributed by atoms with E-state index in [2.05, 4.69) is 4.72 Å². The average Bonchev–Trinajstić information content (AvgIpc) is 2.99. The molecule has 0 aliphatic carbocycles. The number of nitrogens with zero attached hydrogens (tertiary/aromatic N) is 2. The van der Waals surface area contributed by atoms with Crippen molar-refractivity contribution in [2.45, 2.75) is 9.79 Å². The fourth-order valence-corrected chi connectivity index (χ4v) is 5.56. The maximum atomic E-state index is 12.5. The Hall–Kier alpha value is -2.25. The molecule has 0 saturated carbocycles. The molecule has 0 unspecified atom stereocenters. The largest absolute Gasteiger partial charge is 0.492 e. The van der Waals surface area contributed by atoms with E-state index in [9.17, 15) is 21.6 Å². The normalized spacial score (nSPS) is 12.5. The summed E-state index contributed by atoms with van der Waals surface area (Å²) in [5.74, 6) is 0.419. The van der Waals surface area contributed by atoms with Crippen molar-refractivity contribution in [1.29, 1.82) is 0 Å². The molecule has 162 valence electrons. The van der Waals surface area contributed by atoms with Gasteiger partial charge in [0.15, 0.2) is 0 Å². The van der Waals surface area contributed by atoms with Crippen LogP contribution in [0.15, 0.2) is 57.1 Å². The van der Waals surface area contributed by atoms with Gasteiger partial charge in [-0.1, -0.05) is 11.3 Å². The summed E-state index contributed by atoms with van der Waals surface area (Å²) >= 11 is 0.984. The summed E-state index contributed by atoms with van der Waals surface area (Å²) in [5, 5.41) is 0. The van der Waals surface area contributed by atoms with Gasteiger partial charge in [-0.15, -0.1) is 0 Å². The van der Waals surface area contributed by atoms with Crippen molar-refractivity contribution in [3.05, 3.63) is 52.1 Å². The second-order valence-electron chi connectivity index (χ2n) is 6.56. The lowest BCUT2D eigenvalue weighted by molar-refractivity contribution is 0.322. The van der Waals surface area contributed by atoms with E-state index in [-0.39, 0.29) is 27.8 Å². The van der Waals surface area contributed by atoms with Gasteiger partial charge in [0.05, 0.1) is 20.0 Å². The molecule has 0 atom stereocenters. The summed E-state index contributed by atoms with van der Waals surface area (Å²) in [6.07, 6.45) is 0.